The van der Waals surface area contributed by atoms with Crippen LogP contribution in [0.25, 0.3) is 43.0 Å². The number of nitrogens with zero attached hydrogens (tertiary/aromatic N) is 4. The molecule has 0 N–H and O–H groups in total. The molecule has 3 aliphatic heterocycles. The largest absolute Gasteiger partial charge is 0.510 e. The van der Waals surface area contributed by atoms with Crippen LogP contribution in [0.3, 0.4) is 0 Å². The first kappa shape index (κ1) is 25.6. The third-order valence-electron chi connectivity index (χ3n) is 8.24. The van der Waals surface area contributed by atoms with Gasteiger partial charge < -0.3 is 14.6 Å². The monoisotopic (exact) mass is 647 g/mol. The van der Waals surface area contributed by atoms with Gasteiger partial charge in [-0.25, -0.2) is 0 Å². The molecule has 0 atom stereocenters. The first-order valence-corrected chi connectivity index (χ1v) is 14.5. The fraction of sp³-hybridized carbons (Fsp3) is 0.0286. The molecule has 0 fully saturated rings. The normalized spacial score (nSPS) is 14.2. The number of hydrogen-bond donors (Lipinski definition) is 0. The molecule has 4 heterocycles. The molecule has 0 radical (unpaired) electrons. The predicted molar refractivity (Wildman–Crippen MR) is 171 cm³/mol. The van der Waals surface area contributed by atoms with Crippen molar-refractivity contribution in [2.45, 2.75) is 0 Å². The molecule has 7 heteroatoms. The molecule has 204 valence electrons. The van der Waals surface area contributed by atoms with Crippen molar-refractivity contribution in [3.8, 4) is 32.8 Å². The Labute approximate surface area is 263 Å². The molecule has 0 bridgehead atoms. The van der Waals surface area contributed by atoms with E-state index in [-0.39, 0.29) is 27.3 Å². The number of rotatable bonds is 2. The maximum absolute atomic E-state index is 4.97. The van der Waals surface area contributed by atoms with Crippen molar-refractivity contribution >= 4 is 56.4 Å². The summed E-state index contributed by atoms with van der Waals surface area (Å²) in [4.78, 5) is 11.6. The van der Waals surface area contributed by atoms with Gasteiger partial charge in [-0.2, -0.15) is 24.1 Å². The number of benzene rings is 5. The van der Waals surface area contributed by atoms with Crippen LogP contribution in [0.4, 0.5) is 17.1 Å². The third-order valence-corrected chi connectivity index (χ3v) is 9.31. The van der Waals surface area contributed by atoms with Crippen LogP contribution < -0.4 is 20.6 Å². The number of hydrogen-bond acceptors (Lipinski definition) is 5. The Bertz CT molecular complexity index is 2020. The molecule has 5 aromatic carbocycles. The molecule has 6 aromatic rings. The zero-order valence-electron chi connectivity index (χ0n) is 22.6. The molecule has 3 aliphatic rings. The van der Waals surface area contributed by atoms with Crippen LogP contribution in [0.2, 0.25) is 0 Å². The number of anilines is 3. The third kappa shape index (κ3) is 3.75. The van der Waals surface area contributed by atoms with Crippen molar-refractivity contribution in [3.05, 3.63) is 128 Å². The van der Waals surface area contributed by atoms with Crippen molar-refractivity contribution in [2.24, 2.45) is 0 Å². The van der Waals surface area contributed by atoms with Gasteiger partial charge in [0.05, 0.1) is 5.52 Å². The minimum absolute atomic E-state index is 0. The maximum Gasteiger partial charge on any atom is 0.324 e. The average Bonchev–Trinajstić information content (AvgIpc) is 3.67. The number of para-hydroxylation sites is 1. The van der Waals surface area contributed by atoms with Crippen molar-refractivity contribution in [1.82, 2.24) is 9.88 Å². The predicted octanol–water partition coefficient (Wildman–Crippen LogP) is 6.81. The first-order valence-electron chi connectivity index (χ1n) is 13.7. The topological polar surface area (TPSA) is 22.6 Å². The Morgan fingerprint density at radius 2 is 1.38 bits per heavy atom. The van der Waals surface area contributed by atoms with E-state index < -0.39 is 0 Å². The fourth-order valence-corrected chi connectivity index (χ4v) is 7.35. The summed E-state index contributed by atoms with van der Waals surface area (Å²) in [5, 5.41) is 0.986. The second kappa shape index (κ2) is 9.71. The Balaban J connectivity index is 0.00000267. The Kier molecular flexibility index (Phi) is 5.91. The van der Waals surface area contributed by atoms with E-state index in [2.05, 4.69) is 137 Å². The summed E-state index contributed by atoms with van der Waals surface area (Å²) in [6, 6.07) is 42.5. The van der Waals surface area contributed by atoms with Crippen molar-refractivity contribution in [2.75, 3.05) is 16.8 Å². The number of thiazole rings is 1. The smallest absolute Gasteiger partial charge is 0.324 e. The Morgan fingerprint density at radius 1 is 0.714 bits per heavy atom. The second-order valence-corrected chi connectivity index (χ2v) is 11.7. The van der Waals surface area contributed by atoms with Gasteiger partial charge in [0.2, 0.25) is 0 Å². The average molecular weight is 648 g/mol. The minimum Gasteiger partial charge on any atom is -0.510 e. The number of aromatic nitrogens is 1. The van der Waals surface area contributed by atoms with E-state index in [1.807, 2.05) is 13.1 Å². The van der Waals surface area contributed by atoms with Gasteiger partial charge in [0.1, 0.15) is 0 Å². The van der Waals surface area contributed by atoms with Gasteiger partial charge in [0, 0.05) is 30.1 Å². The van der Waals surface area contributed by atoms with Crippen molar-refractivity contribution in [1.29, 1.82) is 0 Å². The molecule has 42 heavy (non-hydrogen) atoms. The van der Waals surface area contributed by atoms with E-state index in [1.54, 1.807) is 11.3 Å². The van der Waals surface area contributed by atoms with Gasteiger partial charge >= 0.3 is 6.85 Å². The van der Waals surface area contributed by atoms with Crippen LogP contribution in [0.15, 0.2) is 109 Å². The summed E-state index contributed by atoms with van der Waals surface area (Å²) in [7, 11) is 2.04. The van der Waals surface area contributed by atoms with E-state index >= 15 is 0 Å². The van der Waals surface area contributed by atoms with Crippen LogP contribution in [-0.2, 0) is 20.4 Å². The van der Waals surface area contributed by atoms with Crippen LogP contribution in [-0.4, -0.2) is 23.8 Å². The summed E-state index contributed by atoms with van der Waals surface area (Å²) < 4.78 is 1.19. The maximum atomic E-state index is 4.97. The molecule has 0 amide bonds. The van der Waals surface area contributed by atoms with Gasteiger partial charge in [-0.3, -0.25) is 4.98 Å². The summed E-state index contributed by atoms with van der Waals surface area (Å²) in [5.74, 6) is 0. The van der Waals surface area contributed by atoms with E-state index in [0.717, 1.165) is 33.1 Å². The molecule has 0 spiro atoms. The van der Waals surface area contributed by atoms with E-state index in [4.69, 9.17) is 4.98 Å². The molecule has 4 nitrogen and oxygen atoms in total. The zero-order valence-corrected chi connectivity index (χ0v) is 24.9. The van der Waals surface area contributed by atoms with Gasteiger partial charge in [0.15, 0.2) is 0 Å². The molecule has 0 saturated heterocycles. The van der Waals surface area contributed by atoms with Gasteiger partial charge in [-0.15, -0.1) is 47.1 Å². The van der Waals surface area contributed by atoms with Crippen molar-refractivity contribution in [3.63, 3.8) is 0 Å². The minimum atomic E-state index is 0. The fourth-order valence-electron chi connectivity index (χ4n) is 6.40. The van der Waals surface area contributed by atoms with Crippen LogP contribution in [0.1, 0.15) is 0 Å². The van der Waals surface area contributed by atoms with Crippen LogP contribution >= 0.6 is 11.3 Å². The quantitative estimate of drug-likeness (QED) is 0.152. The molecule has 1 aromatic heterocycles. The number of fused-ring (bicyclic) bond motifs is 12. The van der Waals surface area contributed by atoms with Crippen LogP contribution in [0.5, 0.6) is 0 Å². The zero-order chi connectivity index (χ0) is 27.1. The van der Waals surface area contributed by atoms with E-state index in [9.17, 15) is 0 Å². The summed E-state index contributed by atoms with van der Waals surface area (Å²) in [5.41, 5.74) is 12.6. The Hall–Kier alpha value is -4.14. The summed E-state index contributed by atoms with van der Waals surface area (Å²) in [6.07, 6.45) is 4.12. The van der Waals surface area contributed by atoms with Crippen LogP contribution in [0, 0.1) is 18.8 Å². The van der Waals surface area contributed by atoms with E-state index in [0.29, 0.717) is 0 Å². The molecular weight excluding hydrogens is 626 g/mol. The molecule has 9 rings (SSSR count). The van der Waals surface area contributed by atoms with Gasteiger partial charge in [-0.1, -0.05) is 99.7 Å². The molecule has 0 saturated carbocycles. The molecule has 0 unspecified atom stereocenters. The standard InChI is InChI=1S/C35H22BN4S.Pd/c1-38-18-19-39(22-38)24-15-17-28-26-9-3-5-11-30(26)36-29-10-4-2-8-25(29)27-16-14-23(20-32(27)40(36)33(28)21-24)35-37-31-12-6-7-13-34(31)41-35;/h2-19,22H,1H3;/q-3;. The second-order valence-electron chi connectivity index (χ2n) is 10.7. The van der Waals surface area contributed by atoms with Gasteiger partial charge in [-0.05, 0) is 31.6 Å². The summed E-state index contributed by atoms with van der Waals surface area (Å²) in [6.45, 7) is 2.08. The SMILES string of the molecule is CN1C=CN(c2[c-]c3c(cc2)-c2ccccc2B2c4ccccc4-c4ccc(-c5nc6ccccc6s5)[c-]c4N23)[CH-]1.[Pd]. The van der Waals surface area contributed by atoms with Gasteiger partial charge in [0.25, 0.3) is 0 Å². The Morgan fingerprint density at radius 3 is 2.10 bits per heavy atom. The molecule has 0 aliphatic carbocycles. The summed E-state index contributed by atoms with van der Waals surface area (Å²) >= 11 is 1.72. The molecular formula is C35H22BN4PdS-3. The first-order chi connectivity index (χ1) is 20.2. The van der Waals surface area contributed by atoms with Crippen molar-refractivity contribution < 1.29 is 20.4 Å². The van der Waals surface area contributed by atoms with E-state index in [1.165, 1.54) is 37.9 Å².